The molecule has 0 bridgehead atoms. The summed E-state index contributed by atoms with van der Waals surface area (Å²) in [5, 5.41) is 8.16. The Balaban J connectivity index is 1.48. The molecular weight excluding hydrogens is 380 g/mol. The Kier molecular flexibility index (Phi) is 6.21. The van der Waals surface area contributed by atoms with Gasteiger partial charge in [0.15, 0.2) is 11.2 Å². The van der Waals surface area contributed by atoms with Crippen molar-refractivity contribution < 1.29 is 4.79 Å². The van der Waals surface area contributed by atoms with Crippen molar-refractivity contribution in [1.82, 2.24) is 29.9 Å². The van der Waals surface area contributed by atoms with Gasteiger partial charge >= 0.3 is 0 Å². The average molecular weight is 409 g/mol. The maximum absolute atomic E-state index is 12.6. The van der Waals surface area contributed by atoms with Gasteiger partial charge in [0.25, 0.3) is 5.56 Å². The van der Waals surface area contributed by atoms with Crippen molar-refractivity contribution in [3.63, 3.8) is 0 Å². The maximum atomic E-state index is 12.6. The number of fused-ring (bicyclic) bond motifs is 1. The lowest BCUT2D eigenvalue weighted by atomic mass is 9.95. The number of amides is 1. The number of rotatable bonds is 7. The number of aromatic nitrogens is 5. The van der Waals surface area contributed by atoms with Crippen LogP contribution >= 0.6 is 0 Å². The molecule has 0 radical (unpaired) electrons. The molecule has 1 amide bonds. The highest BCUT2D eigenvalue weighted by atomic mass is 16.2. The first-order valence-electron chi connectivity index (χ1n) is 10.8. The van der Waals surface area contributed by atoms with Crippen LogP contribution in [-0.2, 0) is 11.3 Å². The largest absolute Gasteiger partial charge is 0.343 e. The Bertz CT molecular complexity index is 1050. The lowest BCUT2D eigenvalue weighted by molar-refractivity contribution is -0.132. The van der Waals surface area contributed by atoms with E-state index in [1.54, 1.807) is 4.68 Å². The van der Waals surface area contributed by atoms with E-state index in [9.17, 15) is 9.59 Å². The quantitative estimate of drug-likeness (QED) is 0.607. The standard InChI is InChI=1S/C22H28N6O2/c1-2-3-5-10-18(29)27-13-11-17(12-14-27)20-23-21-19(22(30)24-20)25-26-28(21)15-16-8-6-4-7-9-16/h4,6-9,17H,2-3,5,10-15H2,1H3,(H,23,24,30). The van der Waals surface area contributed by atoms with Gasteiger partial charge in [-0.05, 0) is 24.8 Å². The van der Waals surface area contributed by atoms with Gasteiger partial charge in [-0.15, -0.1) is 5.10 Å². The lowest BCUT2D eigenvalue weighted by Crippen LogP contribution is -2.38. The van der Waals surface area contributed by atoms with E-state index in [-0.39, 0.29) is 22.9 Å². The summed E-state index contributed by atoms with van der Waals surface area (Å²) < 4.78 is 1.68. The third-order valence-corrected chi connectivity index (χ3v) is 5.80. The maximum Gasteiger partial charge on any atom is 0.281 e. The normalized spacial score (nSPS) is 15.0. The molecule has 0 spiro atoms. The minimum atomic E-state index is -0.257. The number of piperidine rings is 1. The fraction of sp³-hybridized carbons (Fsp3) is 0.500. The lowest BCUT2D eigenvalue weighted by Gasteiger charge is -2.31. The SMILES string of the molecule is CCCCCC(=O)N1CCC(c2nc3c(nnn3Cc3ccccc3)c(=O)[nH]2)CC1. The van der Waals surface area contributed by atoms with Crippen LogP contribution in [0.3, 0.4) is 0 Å². The fourth-order valence-corrected chi connectivity index (χ4v) is 4.03. The molecule has 0 unspecified atom stereocenters. The van der Waals surface area contributed by atoms with Crippen LogP contribution in [0.4, 0.5) is 0 Å². The summed E-state index contributed by atoms with van der Waals surface area (Å²) in [6.45, 7) is 4.07. The molecule has 1 saturated heterocycles. The van der Waals surface area contributed by atoms with E-state index < -0.39 is 0 Å². The predicted octanol–water partition coefficient (Wildman–Crippen LogP) is 2.85. The van der Waals surface area contributed by atoms with Gasteiger partial charge in [0.1, 0.15) is 5.82 Å². The van der Waals surface area contributed by atoms with Crippen molar-refractivity contribution >= 4 is 17.1 Å². The van der Waals surface area contributed by atoms with E-state index in [2.05, 4.69) is 22.2 Å². The molecule has 8 heteroatoms. The molecule has 2 aromatic heterocycles. The van der Waals surface area contributed by atoms with Crippen LogP contribution in [0.25, 0.3) is 11.2 Å². The zero-order valence-electron chi connectivity index (χ0n) is 17.4. The Morgan fingerprint density at radius 1 is 1.17 bits per heavy atom. The number of carbonyl (C=O) groups excluding carboxylic acids is 1. The fourth-order valence-electron chi connectivity index (χ4n) is 4.03. The molecule has 0 atom stereocenters. The van der Waals surface area contributed by atoms with Crippen molar-refractivity contribution in [3.05, 3.63) is 52.1 Å². The minimum absolute atomic E-state index is 0.127. The molecule has 158 valence electrons. The van der Waals surface area contributed by atoms with Crippen molar-refractivity contribution in [1.29, 1.82) is 0 Å². The number of nitrogens with zero attached hydrogens (tertiary/aromatic N) is 5. The zero-order chi connectivity index (χ0) is 20.9. The second kappa shape index (κ2) is 9.19. The van der Waals surface area contributed by atoms with Crippen LogP contribution in [0.5, 0.6) is 0 Å². The van der Waals surface area contributed by atoms with Crippen LogP contribution in [0.1, 0.15) is 62.8 Å². The number of nitrogens with one attached hydrogen (secondary N) is 1. The highest BCUT2D eigenvalue weighted by Gasteiger charge is 2.26. The summed E-state index contributed by atoms with van der Waals surface area (Å²) in [5.74, 6) is 1.04. The Hall–Kier alpha value is -3.03. The van der Waals surface area contributed by atoms with Crippen LogP contribution in [0, 0.1) is 0 Å². The number of H-pyrrole nitrogens is 1. The predicted molar refractivity (Wildman–Crippen MR) is 114 cm³/mol. The van der Waals surface area contributed by atoms with Gasteiger partial charge in [0.05, 0.1) is 6.54 Å². The van der Waals surface area contributed by atoms with Crippen molar-refractivity contribution in [2.24, 2.45) is 0 Å². The zero-order valence-corrected chi connectivity index (χ0v) is 17.4. The summed E-state index contributed by atoms with van der Waals surface area (Å²) >= 11 is 0. The number of likely N-dealkylation sites (tertiary alicyclic amines) is 1. The first kappa shape index (κ1) is 20.3. The summed E-state index contributed by atoms with van der Waals surface area (Å²) in [4.78, 5) is 34.5. The molecule has 8 nitrogen and oxygen atoms in total. The number of benzene rings is 1. The van der Waals surface area contributed by atoms with Crippen molar-refractivity contribution in [3.8, 4) is 0 Å². The third-order valence-electron chi connectivity index (χ3n) is 5.80. The van der Waals surface area contributed by atoms with Crippen molar-refractivity contribution in [2.45, 2.75) is 57.9 Å². The number of aromatic amines is 1. The van der Waals surface area contributed by atoms with Gasteiger partial charge in [-0.3, -0.25) is 9.59 Å². The van der Waals surface area contributed by atoms with E-state index in [4.69, 9.17) is 4.98 Å². The van der Waals surface area contributed by atoms with E-state index in [1.807, 2.05) is 35.2 Å². The average Bonchev–Trinajstić information content (AvgIpc) is 3.18. The van der Waals surface area contributed by atoms with Crippen LogP contribution in [-0.4, -0.2) is 48.9 Å². The topological polar surface area (TPSA) is 96.8 Å². The van der Waals surface area contributed by atoms with Crippen molar-refractivity contribution in [2.75, 3.05) is 13.1 Å². The van der Waals surface area contributed by atoms with Crippen LogP contribution in [0.2, 0.25) is 0 Å². The first-order chi connectivity index (χ1) is 14.7. The first-order valence-corrected chi connectivity index (χ1v) is 10.8. The summed E-state index contributed by atoms with van der Waals surface area (Å²) in [6.07, 6.45) is 5.40. The number of carbonyl (C=O) groups is 1. The minimum Gasteiger partial charge on any atom is -0.343 e. The van der Waals surface area contributed by atoms with E-state index >= 15 is 0 Å². The molecule has 1 aliphatic rings. The van der Waals surface area contributed by atoms with Gasteiger partial charge in [-0.25, -0.2) is 9.67 Å². The summed E-state index contributed by atoms with van der Waals surface area (Å²) in [5.41, 5.74) is 1.59. The van der Waals surface area contributed by atoms with Gasteiger partial charge in [-0.1, -0.05) is 55.3 Å². The Morgan fingerprint density at radius 3 is 2.67 bits per heavy atom. The summed E-state index contributed by atoms with van der Waals surface area (Å²) in [7, 11) is 0. The highest BCUT2D eigenvalue weighted by molar-refractivity contribution is 5.76. The van der Waals surface area contributed by atoms with E-state index in [0.29, 0.717) is 37.5 Å². The molecule has 0 saturated carbocycles. The second-order valence-corrected chi connectivity index (χ2v) is 7.97. The molecule has 3 aromatic rings. The smallest absolute Gasteiger partial charge is 0.281 e. The van der Waals surface area contributed by atoms with Gasteiger partial charge in [-0.2, -0.15) is 0 Å². The molecule has 3 heterocycles. The molecule has 30 heavy (non-hydrogen) atoms. The number of unbranched alkanes of at least 4 members (excludes halogenated alkanes) is 2. The second-order valence-electron chi connectivity index (χ2n) is 7.97. The Morgan fingerprint density at radius 2 is 1.93 bits per heavy atom. The highest BCUT2D eigenvalue weighted by Crippen LogP contribution is 2.26. The number of hydrogen-bond donors (Lipinski definition) is 1. The van der Waals surface area contributed by atoms with Gasteiger partial charge in [0, 0.05) is 25.4 Å². The van der Waals surface area contributed by atoms with Crippen LogP contribution < -0.4 is 5.56 Å². The third kappa shape index (κ3) is 4.42. The molecule has 1 aromatic carbocycles. The van der Waals surface area contributed by atoms with Gasteiger partial charge < -0.3 is 9.88 Å². The molecule has 1 fully saturated rings. The van der Waals surface area contributed by atoms with E-state index in [0.717, 1.165) is 37.7 Å². The monoisotopic (exact) mass is 408 g/mol. The van der Waals surface area contributed by atoms with E-state index in [1.165, 1.54) is 0 Å². The van der Waals surface area contributed by atoms with Gasteiger partial charge in [0.2, 0.25) is 5.91 Å². The molecule has 1 aliphatic heterocycles. The molecular formula is C22H28N6O2. The van der Waals surface area contributed by atoms with Crippen LogP contribution in [0.15, 0.2) is 35.1 Å². The molecule has 4 rings (SSSR count). The number of hydrogen-bond acceptors (Lipinski definition) is 5. The Labute approximate surface area is 175 Å². The summed E-state index contributed by atoms with van der Waals surface area (Å²) in [6, 6.07) is 9.92. The molecule has 0 aliphatic carbocycles. The molecule has 1 N–H and O–H groups in total.